The molecule has 3 aromatic rings. The van der Waals surface area contributed by atoms with E-state index in [0.717, 1.165) is 11.1 Å². The second kappa shape index (κ2) is 9.16. The largest absolute Gasteiger partial charge is 0.289 e. The van der Waals surface area contributed by atoms with Gasteiger partial charge < -0.3 is 0 Å². The Labute approximate surface area is 137 Å². The highest BCUT2D eigenvalue weighted by atomic mass is 16.1. The zero-order valence-corrected chi connectivity index (χ0v) is 13.2. The van der Waals surface area contributed by atoms with Crippen molar-refractivity contribution in [2.24, 2.45) is 0 Å². The molecule has 0 amide bonds. The Morgan fingerprint density at radius 1 is 0.652 bits per heavy atom. The van der Waals surface area contributed by atoms with Crippen molar-refractivity contribution in [1.29, 1.82) is 0 Å². The van der Waals surface area contributed by atoms with Crippen LogP contribution in [0.25, 0.3) is 6.08 Å². The normalized spacial score (nSPS) is 9.96. The van der Waals surface area contributed by atoms with Crippen LogP contribution in [0.3, 0.4) is 0 Å². The van der Waals surface area contributed by atoms with Crippen molar-refractivity contribution in [2.45, 2.75) is 6.92 Å². The van der Waals surface area contributed by atoms with Gasteiger partial charge in [-0.25, -0.2) is 0 Å². The maximum atomic E-state index is 11.8. The fourth-order valence-corrected chi connectivity index (χ4v) is 2.10. The van der Waals surface area contributed by atoms with Gasteiger partial charge in [-0.1, -0.05) is 103 Å². The summed E-state index contributed by atoms with van der Waals surface area (Å²) >= 11 is 0. The van der Waals surface area contributed by atoms with Gasteiger partial charge in [-0.2, -0.15) is 0 Å². The van der Waals surface area contributed by atoms with Crippen molar-refractivity contribution < 1.29 is 4.79 Å². The van der Waals surface area contributed by atoms with Gasteiger partial charge in [-0.15, -0.1) is 0 Å². The summed E-state index contributed by atoms with van der Waals surface area (Å²) in [5, 5.41) is 0. The molecule has 0 atom stereocenters. The molecule has 1 nitrogen and oxygen atoms in total. The second-order valence-electron chi connectivity index (χ2n) is 4.97. The second-order valence-corrected chi connectivity index (χ2v) is 4.97. The first-order valence-corrected chi connectivity index (χ1v) is 7.64. The monoisotopic (exact) mass is 300 g/mol. The number of ketones is 1. The number of allylic oxidation sites excluding steroid dienone is 1. The summed E-state index contributed by atoms with van der Waals surface area (Å²) in [4.78, 5) is 11.8. The van der Waals surface area contributed by atoms with E-state index in [2.05, 4.69) is 18.2 Å². The number of hydrogen-bond acceptors (Lipinski definition) is 1. The molecule has 1 heteroatoms. The molecule has 0 unspecified atom stereocenters. The van der Waals surface area contributed by atoms with Gasteiger partial charge in [0.05, 0.1) is 0 Å². The molecule has 0 radical (unpaired) electrons. The van der Waals surface area contributed by atoms with Gasteiger partial charge in [-0.05, 0) is 12.5 Å². The molecule has 0 saturated carbocycles. The molecule has 0 aliphatic rings. The minimum atomic E-state index is 0.0752. The van der Waals surface area contributed by atoms with Crippen LogP contribution in [0.15, 0.2) is 97.1 Å². The molecule has 0 spiro atoms. The van der Waals surface area contributed by atoms with Gasteiger partial charge in [0.2, 0.25) is 0 Å². The van der Waals surface area contributed by atoms with Crippen LogP contribution in [0.5, 0.6) is 0 Å². The summed E-state index contributed by atoms with van der Waals surface area (Å²) in [6, 6.07) is 28.9. The van der Waals surface area contributed by atoms with Crippen LogP contribution >= 0.6 is 0 Å². The predicted molar refractivity (Wildman–Crippen MR) is 97.5 cm³/mol. The fourth-order valence-electron chi connectivity index (χ4n) is 2.10. The van der Waals surface area contributed by atoms with Crippen LogP contribution in [0.4, 0.5) is 0 Å². The first-order chi connectivity index (χ1) is 11.3. The molecule has 0 aliphatic heterocycles. The lowest BCUT2D eigenvalue weighted by Gasteiger charge is -1.99. The summed E-state index contributed by atoms with van der Waals surface area (Å²) in [6.07, 6.45) is 4.12. The van der Waals surface area contributed by atoms with Crippen molar-refractivity contribution in [3.63, 3.8) is 0 Å². The van der Waals surface area contributed by atoms with Crippen LogP contribution in [-0.2, 0) is 0 Å². The number of rotatable bonds is 3. The molecule has 0 aliphatic carbocycles. The summed E-state index contributed by atoms with van der Waals surface area (Å²) in [6.45, 7) is 2.02. The molecule has 0 fully saturated rings. The highest BCUT2D eigenvalue weighted by Crippen LogP contribution is 2.08. The van der Waals surface area contributed by atoms with E-state index < -0.39 is 0 Å². The molecular weight excluding hydrogens is 280 g/mol. The van der Waals surface area contributed by atoms with E-state index >= 15 is 0 Å². The van der Waals surface area contributed by atoms with Crippen molar-refractivity contribution in [2.75, 3.05) is 0 Å². The van der Waals surface area contributed by atoms with Gasteiger partial charge in [0.1, 0.15) is 0 Å². The predicted octanol–water partition coefficient (Wildman–Crippen LogP) is 5.64. The summed E-state index contributed by atoms with van der Waals surface area (Å²) in [5.74, 6) is 0.0752. The average Bonchev–Trinajstić information content (AvgIpc) is 2.64. The number of carbonyl (C=O) groups excluding carboxylic acids is 1. The highest BCUT2D eigenvalue weighted by molar-refractivity contribution is 6.08. The number of carbonyl (C=O) groups is 1. The molecule has 3 rings (SSSR count). The van der Waals surface area contributed by atoms with E-state index in [9.17, 15) is 4.79 Å². The minimum absolute atomic E-state index is 0.0752. The van der Waals surface area contributed by atoms with E-state index in [-0.39, 0.29) is 5.78 Å². The molecule has 0 heterocycles. The maximum Gasteiger partial charge on any atom is 0.193 e. The molecule has 0 N–H and O–H groups in total. The van der Waals surface area contributed by atoms with Crippen molar-refractivity contribution >= 4 is 11.9 Å². The van der Waals surface area contributed by atoms with Gasteiger partial charge >= 0.3 is 0 Å². The third-order valence-electron chi connectivity index (χ3n) is 3.23. The van der Waals surface area contributed by atoms with Crippen molar-refractivity contribution in [1.82, 2.24) is 0 Å². The van der Waals surface area contributed by atoms with Crippen molar-refractivity contribution in [3.05, 3.63) is 114 Å². The Morgan fingerprint density at radius 3 is 1.43 bits per heavy atom. The lowest BCUT2D eigenvalue weighted by Crippen LogP contribution is -1.99. The summed E-state index contributed by atoms with van der Waals surface area (Å²) in [7, 11) is 0. The van der Waals surface area contributed by atoms with Crippen LogP contribution in [0.2, 0.25) is 0 Å². The quantitative estimate of drug-likeness (QED) is 0.572. The van der Waals surface area contributed by atoms with Crippen LogP contribution in [-0.4, -0.2) is 5.78 Å². The number of benzene rings is 3. The van der Waals surface area contributed by atoms with Gasteiger partial charge in [0.15, 0.2) is 5.78 Å². The molecule has 3 aromatic carbocycles. The fraction of sp³-hybridized carbons (Fsp3) is 0.0455. The SMILES string of the molecule is CC=Cc1ccccc1.O=C(c1ccccc1)c1ccccc1. The van der Waals surface area contributed by atoms with Crippen molar-refractivity contribution in [3.8, 4) is 0 Å². The summed E-state index contributed by atoms with van der Waals surface area (Å²) in [5.41, 5.74) is 2.73. The van der Waals surface area contributed by atoms with E-state index in [1.807, 2.05) is 91.9 Å². The Kier molecular flexibility index (Phi) is 6.55. The number of hydrogen-bond donors (Lipinski definition) is 0. The zero-order valence-electron chi connectivity index (χ0n) is 13.2. The minimum Gasteiger partial charge on any atom is -0.289 e. The van der Waals surface area contributed by atoms with Crippen LogP contribution in [0, 0.1) is 0 Å². The standard InChI is InChI=1S/C13H10O.C9H10/c14-13(11-7-3-1-4-8-11)12-9-5-2-6-10-12;1-2-6-9-7-4-3-5-8-9/h1-10H;2-8H,1H3. The van der Waals surface area contributed by atoms with Gasteiger partial charge in [0.25, 0.3) is 0 Å². The van der Waals surface area contributed by atoms with E-state index in [1.165, 1.54) is 5.56 Å². The molecule has 0 bridgehead atoms. The highest BCUT2D eigenvalue weighted by Gasteiger charge is 2.06. The van der Waals surface area contributed by atoms with Gasteiger partial charge in [0, 0.05) is 11.1 Å². The third-order valence-corrected chi connectivity index (χ3v) is 3.23. The Bertz CT molecular complexity index is 687. The average molecular weight is 300 g/mol. The lowest BCUT2D eigenvalue weighted by molar-refractivity contribution is 0.103. The van der Waals surface area contributed by atoms with Gasteiger partial charge in [-0.3, -0.25) is 4.79 Å². The first-order valence-electron chi connectivity index (χ1n) is 7.64. The molecule has 23 heavy (non-hydrogen) atoms. The van der Waals surface area contributed by atoms with Crippen LogP contribution in [0.1, 0.15) is 28.4 Å². The van der Waals surface area contributed by atoms with Crippen LogP contribution < -0.4 is 0 Å². The smallest absolute Gasteiger partial charge is 0.193 e. The molecular formula is C22H20O. The third kappa shape index (κ3) is 5.40. The first kappa shape index (κ1) is 16.4. The molecule has 0 aromatic heterocycles. The Morgan fingerprint density at radius 2 is 1.04 bits per heavy atom. The lowest BCUT2D eigenvalue weighted by atomic mass is 10.0. The van der Waals surface area contributed by atoms with E-state index in [0.29, 0.717) is 0 Å². The maximum absolute atomic E-state index is 11.8. The zero-order chi connectivity index (χ0) is 16.3. The summed E-state index contributed by atoms with van der Waals surface area (Å²) < 4.78 is 0. The molecule has 0 saturated heterocycles. The Hall–Kier alpha value is -2.93. The van der Waals surface area contributed by atoms with E-state index in [4.69, 9.17) is 0 Å². The Balaban J connectivity index is 0.000000185. The molecule has 114 valence electrons. The van der Waals surface area contributed by atoms with E-state index in [1.54, 1.807) is 0 Å². The topological polar surface area (TPSA) is 17.1 Å².